The lowest BCUT2D eigenvalue weighted by Gasteiger charge is -2.29. The molecule has 1 heterocycles. The molecule has 104 valence electrons. The molecule has 1 fully saturated rings. The topological polar surface area (TPSA) is 46.3 Å². The van der Waals surface area contributed by atoms with Gasteiger partial charge in [0.2, 0.25) is 0 Å². The molecule has 0 radical (unpaired) electrons. The van der Waals surface area contributed by atoms with Crippen LogP contribution < -0.4 is 5.73 Å². The number of nitrogens with zero attached hydrogens (tertiary/aromatic N) is 1. The third-order valence-corrected chi connectivity index (χ3v) is 3.93. The van der Waals surface area contributed by atoms with E-state index < -0.39 is 0 Å². The first kappa shape index (κ1) is 14.5. The maximum Gasteiger partial charge on any atom is 0.162 e. The predicted molar refractivity (Wildman–Crippen MR) is 78.7 cm³/mol. The van der Waals surface area contributed by atoms with Gasteiger partial charge in [-0.25, -0.2) is 0 Å². The Labute approximate surface area is 119 Å². The smallest absolute Gasteiger partial charge is 0.162 e. The fourth-order valence-corrected chi connectivity index (χ4v) is 2.55. The number of halogens is 1. The van der Waals surface area contributed by atoms with Gasteiger partial charge in [0.25, 0.3) is 0 Å². The summed E-state index contributed by atoms with van der Waals surface area (Å²) < 4.78 is 0. The summed E-state index contributed by atoms with van der Waals surface area (Å²) in [4.78, 5) is 14.4. The fourth-order valence-electron chi connectivity index (χ4n) is 2.42. The van der Waals surface area contributed by atoms with E-state index in [-0.39, 0.29) is 5.78 Å². The highest BCUT2D eigenvalue weighted by atomic mass is 35.5. The van der Waals surface area contributed by atoms with Crippen LogP contribution in [-0.4, -0.2) is 36.4 Å². The minimum Gasteiger partial charge on any atom is -0.328 e. The van der Waals surface area contributed by atoms with Gasteiger partial charge in [-0.05, 0) is 63.2 Å². The van der Waals surface area contributed by atoms with Crippen LogP contribution in [0.25, 0.3) is 0 Å². The van der Waals surface area contributed by atoms with Crippen molar-refractivity contribution < 1.29 is 4.79 Å². The van der Waals surface area contributed by atoms with Gasteiger partial charge in [0, 0.05) is 23.0 Å². The SMILES string of the molecule is NC1CCN(CCCC(=O)c2ccc(Cl)cc2)CC1. The third-order valence-electron chi connectivity index (χ3n) is 3.68. The average Bonchev–Trinajstić information content (AvgIpc) is 2.41. The van der Waals surface area contributed by atoms with Gasteiger partial charge in [-0.15, -0.1) is 0 Å². The molecule has 0 aliphatic carbocycles. The summed E-state index contributed by atoms with van der Waals surface area (Å²) >= 11 is 5.81. The number of ketones is 1. The maximum atomic E-state index is 12.0. The van der Waals surface area contributed by atoms with E-state index in [1.807, 2.05) is 0 Å². The van der Waals surface area contributed by atoms with Crippen molar-refractivity contribution in [2.75, 3.05) is 19.6 Å². The molecule has 0 unspecified atom stereocenters. The minimum absolute atomic E-state index is 0.199. The van der Waals surface area contributed by atoms with Crippen LogP contribution in [-0.2, 0) is 0 Å². The lowest BCUT2D eigenvalue weighted by molar-refractivity contribution is 0.0972. The number of rotatable bonds is 5. The van der Waals surface area contributed by atoms with Gasteiger partial charge in [-0.2, -0.15) is 0 Å². The van der Waals surface area contributed by atoms with E-state index in [4.69, 9.17) is 17.3 Å². The molecule has 0 atom stereocenters. The van der Waals surface area contributed by atoms with Crippen LogP contribution >= 0.6 is 11.6 Å². The largest absolute Gasteiger partial charge is 0.328 e. The molecule has 0 bridgehead atoms. The van der Waals surface area contributed by atoms with Crippen molar-refractivity contribution in [3.05, 3.63) is 34.9 Å². The van der Waals surface area contributed by atoms with Crippen LogP contribution in [0.3, 0.4) is 0 Å². The monoisotopic (exact) mass is 280 g/mol. The molecule has 0 spiro atoms. The van der Waals surface area contributed by atoms with Crippen LogP contribution in [0.5, 0.6) is 0 Å². The maximum absolute atomic E-state index is 12.0. The van der Waals surface area contributed by atoms with Crippen molar-refractivity contribution >= 4 is 17.4 Å². The minimum atomic E-state index is 0.199. The molecule has 1 aromatic rings. The average molecular weight is 281 g/mol. The van der Waals surface area contributed by atoms with E-state index >= 15 is 0 Å². The number of carbonyl (C=O) groups excluding carboxylic acids is 1. The molecule has 0 saturated carbocycles. The molecule has 0 amide bonds. The number of carbonyl (C=O) groups is 1. The standard InChI is InChI=1S/C15H21ClN2O/c16-13-5-3-12(4-6-13)15(19)2-1-9-18-10-7-14(17)8-11-18/h3-6,14H,1-2,7-11,17H2. The van der Waals surface area contributed by atoms with Gasteiger partial charge >= 0.3 is 0 Å². The molecule has 2 N–H and O–H groups in total. The number of Topliss-reactive ketones (excluding diaryl/α,β-unsaturated/α-hetero) is 1. The van der Waals surface area contributed by atoms with E-state index in [2.05, 4.69) is 4.90 Å². The van der Waals surface area contributed by atoms with Gasteiger partial charge in [0.05, 0.1) is 0 Å². The molecule has 1 aliphatic heterocycles. The number of piperidine rings is 1. The highest BCUT2D eigenvalue weighted by Gasteiger charge is 2.15. The Bertz CT molecular complexity index is 411. The Morgan fingerprint density at radius 2 is 1.89 bits per heavy atom. The van der Waals surface area contributed by atoms with E-state index in [9.17, 15) is 4.79 Å². The lowest BCUT2D eigenvalue weighted by atomic mass is 10.0. The number of likely N-dealkylation sites (tertiary alicyclic amines) is 1. The first-order valence-corrected chi connectivity index (χ1v) is 7.29. The zero-order chi connectivity index (χ0) is 13.7. The molecule has 4 heteroatoms. The van der Waals surface area contributed by atoms with Crippen molar-refractivity contribution in [1.82, 2.24) is 4.90 Å². The van der Waals surface area contributed by atoms with Crippen LogP contribution in [0, 0.1) is 0 Å². The number of hydrogen-bond donors (Lipinski definition) is 1. The Balaban J connectivity index is 1.70. The van der Waals surface area contributed by atoms with Gasteiger partial charge < -0.3 is 10.6 Å². The summed E-state index contributed by atoms with van der Waals surface area (Å²) in [6, 6.07) is 7.49. The molecule has 2 rings (SSSR count). The second-order valence-electron chi connectivity index (χ2n) is 5.21. The highest BCUT2D eigenvalue weighted by Crippen LogP contribution is 2.13. The molecular formula is C15H21ClN2O. The van der Waals surface area contributed by atoms with Gasteiger partial charge in [-0.3, -0.25) is 4.79 Å². The molecule has 19 heavy (non-hydrogen) atoms. The fraction of sp³-hybridized carbons (Fsp3) is 0.533. The Morgan fingerprint density at radius 3 is 2.53 bits per heavy atom. The number of nitrogens with two attached hydrogens (primary N) is 1. The Morgan fingerprint density at radius 1 is 1.26 bits per heavy atom. The molecular weight excluding hydrogens is 260 g/mol. The van der Waals surface area contributed by atoms with E-state index in [0.29, 0.717) is 17.5 Å². The normalized spacial score (nSPS) is 17.6. The van der Waals surface area contributed by atoms with Crippen molar-refractivity contribution in [3.8, 4) is 0 Å². The van der Waals surface area contributed by atoms with Gasteiger partial charge in [0.15, 0.2) is 5.78 Å². The summed E-state index contributed by atoms with van der Waals surface area (Å²) in [6.45, 7) is 3.12. The van der Waals surface area contributed by atoms with E-state index in [1.54, 1.807) is 24.3 Å². The summed E-state index contributed by atoms with van der Waals surface area (Å²) in [5, 5.41) is 0.668. The van der Waals surface area contributed by atoms with E-state index in [0.717, 1.165) is 44.5 Å². The van der Waals surface area contributed by atoms with Crippen molar-refractivity contribution in [1.29, 1.82) is 0 Å². The molecule has 1 aliphatic rings. The predicted octanol–water partition coefficient (Wildman–Crippen LogP) is 2.73. The summed E-state index contributed by atoms with van der Waals surface area (Å²) in [6.07, 6.45) is 3.66. The summed E-state index contributed by atoms with van der Waals surface area (Å²) in [7, 11) is 0. The van der Waals surface area contributed by atoms with Crippen molar-refractivity contribution in [2.45, 2.75) is 31.7 Å². The molecule has 3 nitrogen and oxygen atoms in total. The highest BCUT2D eigenvalue weighted by molar-refractivity contribution is 6.30. The second kappa shape index (κ2) is 7.04. The lowest BCUT2D eigenvalue weighted by Crippen LogP contribution is -2.40. The number of benzene rings is 1. The first-order valence-electron chi connectivity index (χ1n) is 6.92. The Kier molecular flexibility index (Phi) is 5.37. The second-order valence-corrected chi connectivity index (χ2v) is 5.65. The zero-order valence-electron chi connectivity index (χ0n) is 11.1. The number of hydrogen-bond acceptors (Lipinski definition) is 3. The Hall–Kier alpha value is -0.900. The van der Waals surface area contributed by atoms with Gasteiger partial charge in [-0.1, -0.05) is 11.6 Å². The molecule has 0 aromatic heterocycles. The van der Waals surface area contributed by atoms with Crippen LogP contribution in [0.4, 0.5) is 0 Å². The molecule has 1 aromatic carbocycles. The first-order chi connectivity index (χ1) is 9.15. The third kappa shape index (κ3) is 4.60. The van der Waals surface area contributed by atoms with Crippen LogP contribution in [0.1, 0.15) is 36.0 Å². The summed E-state index contributed by atoms with van der Waals surface area (Å²) in [5.41, 5.74) is 6.63. The van der Waals surface area contributed by atoms with E-state index in [1.165, 1.54) is 0 Å². The van der Waals surface area contributed by atoms with Crippen LogP contribution in [0.2, 0.25) is 5.02 Å². The van der Waals surface area contributed by atoms with Crippen molar-refractivity contribution in [2.24, 2.45) is 5.73 Å². The van der Waals surface area contributed by atoms with Crippen molar-refractivity contribution in [3.63, 3.8) is 0 Å². The molecule has 1 saturated heterocycles. The van der Waals surface area contributed by atoms with Gasteiger partial charge in [0.1, 0.15) is 0 Å². The zero-order valence-corrected chi connectivity index (χ0v) is 11.9. The summed E-state index contributed by atoms with van der Waals surface area (Å²) in [5.74, 6) is 0.199. The quantitative estimate of drug-likeness (QED) is 0.844. The van der Waals surface area contributed by atoms with Crippen LogP contribution in [0.15, 0.2) is 24.3 Å².